The molecule has 0 amide bonds. The van der Waals surface area contributed by atoms with Gasteiger partial charge >= 0.3 is 0 Å². The number of benzene rings is 2. The van der Waals surface area contributed by atoms with E-state index in [2.05, 4.69) is 20.9 Å². The zero-order valence-electron chi connectivity index (χ0n) is 14.7. The molecule has 0 N–H and O–H groups in total. The second kappa shape index (κ2) is 6.53. The topological polar surface area (TPSA) is 56.7 Å². The SMILES string of the molecule is COc1cc2c(N3CCc4ccc(Cl)cc43)ncnc2c(OC)c1OC. The number of ether oxygens (including phenoxy) is 3. The highest BCUT2D eigenvalue weighted by Crippen LogP contribution is 2.46. The Bertz CT molecular complexity index is 993. The van der Waals surface area contributed by atoms with Gasteiger partial charge in [0.1, 0.15) is 17.7 Å². The minimum Gasteiger partial charge on any atom is -0.493 e. The van der Waals surface area contributed by atoms with Gasteiger partial charge in [0.2, 0.25) is 5.75 Å². The summed E-state index contributed by atoms with van der Waals surface area (Å²) in [5.41, 5.74) is 2.98. The molecule has 0 spiro atoms. The van der Waals surface area contributed by atoms with Crippen LogP contribution in [0.25, 0.3) is 10.9 Å². The van der Waals surface area contributed by atoms with Gasteiger partial charge in [-0.3, -0.25) is 0 Å². The van der Waals surface area contributed by atoms with E-state index in [9.17, 15) is 0 Å². The molecule has 0 atom stereocenters. The first-order chi connectivity index (χ1) is 12.7. The Hall–Kier alpha value is -2.73. The Balaban J connectivity index is 1.97. The summed E-state index contributed by atoms with van der Waals surface area (Å²) in [6, 6.07) is 7.83. The average Bonchev–Trinajstić information content (AvgIpc) is 3.08. The van der Waals surface area contributed by atoms with E-state index >= 15 is 0 Å². The fourth-order valence-corrected chi connectivity index (χ4v) is 3.60. The van der Waals surface area contributed by atoms with Crippen molar-refractivity contribution < 1.29 is 14.2 Å². The molecule has 1 aliphatic heterocycles. The highest BCUT2D eigenvalue weighted by Gasteiger charge is 2.26. The fraction of sp³-hybridized carbons (Fsp3) is 0.263. The molecule has 7 heteroatoms. The van der Waals surface area contributed by atoms with Crippen LogP contribution >= 0.6 is 11.6 Å². The lowest BCUT2D eigenvalue weighted by Gasteiger charge is -2.21. The van der Waals surface area contributed by atoms with Crippen LogP contribution in [-0.2, 0) is 6.42 Å². The van der Waals surface area contributed by atoms with Crippen LogP contribution in [0.1, 0.15) is 5.56 Å². The Morgan fingerprint density at radius 3 is 2.54 bits per heavy atom. The molecule has 1 aliphatic rings. The Morgan fingerprint density at radius 1 is 1.00 bits per heavy atom. The molecule has 2 heterocycles. The molecule has 1 aromatic heterocycles. The minimum atomic E-state index is 0.511. The fourth-order valence-electron chi connectivity index (χ4n) is 3.44. The number of rotatable bonds is 4. The summed E-state index contributed by atoms with van der Waals surface area (Å²) < 4.78 is 16.5. The van der Waals surface area contributed by atoms with Crippen LogP contribution in [0.15, 0.2) is 30.6 Å². The first-order valence-corrected chi connectivity index (χ1v) is 8.55. The average molecular weight is 372 g/mol. The Labute approximate surface area is 156 Å². The summed E-state index contributed by atoms with van der Waals surface area (Å²) in [6.45, 7) is 0.818. The van der Waals surface area contributed by atoms with Crippen LogP contribution in [0.2, 0.25) is 5.02 Å². The molecular weight excluding hydrogens is 354 g/mol. The van der Waals surface area contributed by atoms with E-state index in [4.69, 9.17) is 25.8 Å². The second-order valence-electron chi connectivity index (χ2n) is 5.91. The summed E-state index contributed by atoms with van der Waals surface area (Å²) in [7, 11) is 4.76. The summed E-state index contributed by atoms with van der Waals surface area (Å²) in [4.78, 5) is 11.1. The lowest BCUT2D eigenvalue weighted by atomic mass is 10.1. The number of fused-ring (bicyclic) bond motifs is 2. The van der Waals surface area contributed by atoms with Crippen LogP contribution in [-0.4, -0.2) is 37.8 Å². The highest BCUT2D eigenvalue weighted by atomic mass is 35.5. The number of nitrogens with zero attached hydrogens (tertiary/aromatic N) is 3. The van der Waals surface area contributed by atoms with Crippen LogP contribution in [0.4, 0.5) is 11.5 Å². The normalized spacial score (nSPS) is 13.0. The van der Waals surface area contributed by atoms with Crippen molar-refractivity contribution in [2.24, 2.45) is 0 Å². The highest BCUT2D eigenvalue weighted by molar-refractivity contribution is 6.31. The lowest BCUT2D eigenvalue weighted by Crippen LogP contribution is -2.15. The summed E-state index contributed by atoms with van der Waals surface area (Å²) in [6.07, 6.45) is 2.47. The van der Waals surface area contributed by atoms with E-state index in [-0.39, 0.29) is 0 Å². The number of halogens is 1. The number of anilines is 2. The molecule has 6 nitrogen and oxygen atoms in total. The first-order valence-electron chi connectivity index (χ1n) is 8.17. The molecule has 0 fully saturated rings. The largest absolute Gasteiger partial charge is 0.493 e. The van der Waals surface area contributed by atoms with E-state index in [1.54, 1.807) is 21.3 Å². The van der Waals surface area contributed by atoms with Crippen molar-refractivity contribution in [3.63, 3.8) is 0 Å². The molecule has 2 aromatic carbocycles. The van der Waals surface area contributed by atoms with Crippen LogP contribution in [0, 0.1) is 0 Å². The molecule has 0 saturated heterocycles. The third-order valence-corrected chi connectivity index (χ3v) is 4.85. The van der Waals surface area contributed by atoms with Gasteiger partial charge in [0, 0.05) is 17.3 Å². The van der Waals surface area contributed by atoms with Gasteiger partial charge in [-0.15, -0.1) is 0 Å². The predicted molar refractivity (Wildman–Crippen MR) is 101 cm³/mol. The van der Waals surface area contributed by atoms with Crippen LogP contribution in [0.5, 0.6) is 17.2 Å². The molecule has 134 valence electrons. The third-order valence-electron chi connectivity index (χ3n) is 4.61. The van der Waals surface area contributed by atoms with Crippen molar-refractivity contribution in [1.29, 1.82) is 0 Å². The van der Waals surface area contributed by atoms with Gasteiger partial charge in [0.05, 0.1) is 26.7 Å². The maximum Gasteiger partial charge on any atom is 0.205 e. The maximum atomic E-state index is 6.21. The molecule has 26 heavy (non-hydrogen) atoms. The molecule has 4 rings (SSSR count). The third kappa shape index (κ3) is 2.49. The van der Waals surface area contributed by atoms with Crippen molar-refractivity contribution in [3.8, 4) is 17.2 Å². The standard InChI is InChI=1S/C19H18ClN3O3/c1-24-15-9-13-16(18(26-3)17(15)25-2)21-10-22-19(13)23-7-6-11-4-5-12(20)8-14(11)23/h4-5,8-10H,6-7H2,1-3H3. The molecule has 0 saturated carbocycles. The molecule has 0 aliphatic carbocycles. The molecule has 0 radical (unpaired) electrons. The van der Waals surface area contributed by atoms with Gasteiger partial charge in [-0.2, -0.15) is 0 Å². The zero-order valence-corrected chi connectivity index (χ0v) is 15.5. The number of hydrogen-bond acceptors (Lipinski definition) is 6. The molecule has 0 unspecified atom stereocenters. The molecule has 3 aromatic rings. The Kier molecular flexibility index (Phi) is 4.20. The predicted octanol–water partition coefficient (Wildman–Crippen LogP) is 4.00. The van der Waals surface area contributed by atoms with E-state index in [1.165, 1.54) is 11.9 Å². The van der Waals surface area contributed by atoms with E-state index in [0.29, 0.717) is 27.8 Å². The zero-order chi connectivity index (χ0) is 18.3. The number of methoxy groups -OCH3 is 3. The van der Waals surface area contributed by atoms with Crippen LogP contribution in [0.3, 0.4) is 0 Å². The van der Waals surface area contributed by atoms with Gasteiger partial charge in [0.25, 0.3) is 0 Å². The van der Waals surface area contributed by atoms with Crippen LogP contribution < -0.4 is 19.1 Å². The van der Waals surface area contributed by atoms with Crippen molar-refractivity contribution in [2.45, 2.75) is 6.42 Å². The lowest BCUT2D eigenvalue weighted by molar-refractivity contribution is 0.327. The summed E-state index contributed by atoms with van der Waals surface area (Å²) >= 11 is 6.21. The summed E-state index contributed by atoms with van der Waals surface area (Å²) in [5.74, 6) is 2.39. The Morgan fingerprint density at radius 2 is 1.81 bits per heavy atom. The quantitative estimate of drug-likeness (QED) is 0.690. The second-order valence-corrected chi connectivity index (χ2v) is 6.35. The molecule has 0 bridgehead atoms. The van der Waals surface area contributed by atoms with Gasteiger partial charge in [-0.05, 0) is 30.2 Å². The van der Waals surface area contributed by atoms with Crippen molar-refractivity contribution in [3.05, 3.63) is 41.2 Å². The van der Waals surface area contributed by atoms with E-state index < -0.39 is 0 Å². The first kappa shape index (κ1) is 16.7. The van der Waals surface area contributed by atoms with Gasteiger partial charge < -0.3 is 19.1 Å². The minimum absolute atomic E-state index is 0.511. The monoisotopic (exact) mass is 371 g/mol. The number of hydrogen-bond donors (Lipinski definition) is 0. The van der Waals surface area contributed by atoms with Gasteiger partial charge in [0.15, 0.2) is 11.5 Å². The smallest absolute Gasteiger partial charge is 0.205 e. The van der Waals surface area contributed by atoms with E-state index in [1.807, 2.05) is 18.2 Å². The summed E-state index contributed by atoms with van der Waals surface area (Å²) in [5, 5.41) is 1.53. The molecular formula is C19H18ClN3O3. The van der Waals surface area contributed by atoms with Crippen molar-refractivity contribution in [2.75, 3.05) is 32.8 Å². The number of aromatic nitrogens is 2. The van der Waals surface area contributed by atoms with Crippen molar-refractivity contribution >= 4 is 34.0 Å². The van der Waals surface area contributed by atoms with E-state index in [0.717, 1.165) is 29.9 Å². The van der Waals surface area contributed by atoms with Crippen molar-refractivity contribution in [1.82, 2.24) is 9.97 Å². The van der Waals surface area contributed by atoms with Gasteiger partial charge in [-0.25, -0.2) is 9.97 Å². The van der Waals surface area contributed by atoms with Gasteiger partial charge in [-0.1, -0.05) is 17.7 Å². The maximum absolute atomic E-state index is 6.21.